The Morgan fingerprint density at radius 2 is 1.47 bits per heavy atom. The van der Waals surface area contributed by atoms with E-state index >= 15 is 0 Å². The fourth-order valence-corrected chi connectivity index (χ4v) is 4.22. The maximum Gasteiger partial charge on any atom is 0.366 e. The fourth-order valence-electron chi connectivity index (χ4n) is 1.54. The lowest BCUT2D eigenvalue weighted by Crippen LogP contribution is -3.61. The van der Waals surface area contributed by atoms with Crippen molar-refractivity contribution in [1.29, 1.82) is 0 Å². The molecule has 0 saturated carbocycles. The van der Waals surface area contributed by atoms with E-state index in [0.717, 1.165) is 3.57 Å². The van der Waals surface area contributed by atoms with E-state index in [0.29, 0.717) is 11.5 Å². The highest BCUT2D eigenvalue weighted by molar-refractivity contribution is 5.40. The zero-order valence-electron chi connectivity index (χ0n) is 10.6. The molecule has 0 aromatic heterocycles. The molecular weight excluding hydrogens is 379 g/mol. The number of hydrogen-bond donors (Lipinski definition) is 1. The van der Waals surface area contributed by atoms with Crippen LogP contribution in [0, 0.1) is 7.14 Å². The minimum atomic E-state index is -0.401. The molecule has 0 aliphatic rings. The molecule has 0 amide bonds. The lowest BCUT2D eigenvalue weighted by molar-refractivity contribution is -0.598. The monoisotopic (exact) mass is 392 g/mol. The Morgan fingerprint density at radius 1 is 0.947 bits per heavy atom. The molecule has 0 radical (unpaired) electrons. The lowest BCUT2D eigenvalue weighted by atomic mass is 10.3. The smallest absolute Gasteiger partial charge is 0.366 e. The number of benzene rings is 2. The molecule has 2 aromatic carbocycles. The van der Waals surface area contributed by atoms with E-state index < -0.39 is 21.2 Å². The van der Waals surface area contributed by atoms with E-state index in [-0.39, 0.29) is 18.2 Å². The number of rotatable bonds is 4. The molecule has 2 aromatic rings. The Morgan fingerprint density at radius 3 is 1.95 bits per heavy atom. The summed E-state index contributed by atoms with van der Waals surface area (Å²) < 4.78 is 13.0. The van der Waals surface area contributed by atoms with Gasteiger partial charge in [-0.1, -0.05) is 18.2 Å². The van der Waals surface area contributed by atoms with Crippen molar-refractivity contribution in [2.75, 3.05) is 14.2 Å². The van der Waals surface area contributed by atoms with Crippen molar-refractivity contribution in [1.82, 2.24) is 0 Å². The first kappa shape index (κ1) is 15.9. The van der Waals surface area contributed by atoms with Crippen molar-refractivity contribution in [3.8, 4) is 17.2 Å². The van der Waals surface area contributed by atoms with E-state index in [1.807, 2.05) is 18.2 Å². The van der Waals surface area contributed by atoms with Gasteiger partial charge in [0.05, 0.1) is 14.2 Å². The second-order valence-electron chi connectivity index (χ2n) is 3.55. The van der Waals surface area contributed by atoms with Crippen molar-refractivity contribution in [2.24, 2.45) is 0 Å². The third-order valence-electron chi connectivity index (χ3n) is 2.37. The first-order valence-electron chi connectivity index (χ1n) is 5.39. The second kappa shape index (κ2) is 7.45. The molecule has 3 nitrogen and oxygen atoms in total. The van der Waals surface area contributed by atoms with Crippen LogP contribution >= 0.6 is 0 Å². The average Bonchev–Trinajstić information content (AvgIpc) is 2.41. The van der Waals surface area contributed by atoms with Gasteiger partial charge in [0.1, 0.15) is 5.75 Å². The summed E-state index contributed by atoms with van der Waals surface area (Å²) in [5.74, 6) is 1.52. The molecule has 0 saturated heterocycles. The number of aromatic hydroxyl groups is 1. The van der Waals surface area contributed by atoms with Gasteiger partial charge in [-0.15, -0.1) is 0 Å². The van der Waals surface area contributed by atoms with E-state index in [4.69, 9.17) is 9.47 Å². The topological polar surface area (TPSA) is 38.7 Å². The normalized spacial score (nSPS) is 9.58. The first-order chi connectivity index (χ1) is 8.74. The average molecular weight is 393 g/mol. The molecule has 19 heavy (non-hydrogen) atoms. The summed E-state index contributed by atoms with van der Waals surface area (Å²) in [6.45, 7) is 0. The lowest BCUT2D eigenvalue weighted by Gasteiger charge is -2.05. The molecule has 0 heterocycles. The maximum absolute atomic E-state index is 9.60. The van der Waals surface area contributed by atoms with Crippen molar-refractivity contribution in [2.45, 2.75) is 0 Å². The van der Waals surface area contributed by atoms with Gasteiger partial charge in [0.2, 0.25) is 0 Å². The molecule has 0 unspecified atom stereocenters. The Balaban J connectivity index is 0.00000180. The number of ether oxygens (including phenoxy) is 2. The minimum Gasteiger partial charge on any atom is -1.00 e. The quantitative estimate of drug-likeness (QED) is 0.550. The second-order valence-corrected chi connectivity index (χ2v) is 6.42. The van der Waals surface area contributed by atoms with E-state index in [9.17, 15) is 5.11 Å². The maximum atomic E-state index is 9.60. The number of hydrogen-bond acceptors (Lipinski definition) is 3. The van der Waals surface area contributed by atoms with Crippen LogP contribution in [0.4, 0.5) is 0 Å². The van der Waals surface area contributed by atoms with Crippen LogP contribution in [0.25, 0.3) is 0 Å². The van der Waals surface area contributed by atoms with Crippen LogP contribution in [0.3, 0.4) is 0 Å². The van der Waals surface area contributed by atoms with E-state index in [2.05, 4.69) is 12.1 Å². The van der Waals surface area contributed by atoms with E-state index in [1.54, 1.807) is 26.4 Å². The molecule has 0 aliphatic heterocycles. The van der Waals surface area contributed by atoms with Crippen LogP contribution in [0.1, 0.15) is 0 Å². The summed E-state index contributed by atoms with van der Waals surface area (Å²) in [7, 11) is 3.21. The minimum absolute atomic E-state index is 0. The molecule has 0 bridgehead atoms. The van der Waals surface area contributed by atoms with Gasteiger partial charge in [-0.2, -0.15) is 0 Å². The Hall–Kier alpha value is -1.14. The summed E-state index contributed by atoms with van der Waals surface area (Å²) in [4.78, 5) is 0. The SMILES string of the molecule is COc1cc(O)cc(OC)c1[I+]c1ccccc1.[Cl-]. The number of phenolic OH excluding ortho intramolecular Hbond substituents is 1. The summed E-state index contributed by atoms with van der Waals surface area (Å²) >= 11 is -0.401. The number of halogens is 2. The van der Waals surface area contributed by atoms with Gasteiger partial charge in [0.15, 0.2) is 15.1 Å². The molecular formula is C14H14ClIO3. The fraction of sp³-hybridized carbons (Fsp3) is 0.143. The Bertz CT molecular complexity index is 506. The number of phenols is 1. The standard InChI is InChI=1S/C14H13IO3.ClH/c1-17-12-8-11(16)9-13(18-2)14(12)15-10-6-4-3-5-7-10;/h3-9H,1-2H3;1H. The van der Waals surface area contributed by atoms with Gasteiger partial charge in [-0.25, -0.2) is 0 Å². The van der Waals surface area contributed by atoms with Crippen molar-refractivity contribution < 1.29 is 48.2 Å². The summed E-state index contributed by atoms with van der Waals surface area (Å²) in [5, 5.41) is 9.60. The zero-order chi connectivity index (χ0) is 13.0. The molecule has 0 spiro atoms. The summed E-state index contributed by atoms with van der Waals surface area (Å²) in [5.41, 5.74) is 0. The third kappa shape index (κ3) is 3.91. The van der Waals surface area contributed by atoms with Crippen LogP contribution in [0.5, 0.6) is 17.2 Å². The predicted molar refractivity (Wildman–Crippen MR) is 65.0 cm³/mol. The van der Waals surface area contributed by atoms with Crippen molar-refractivity contribution in [3.63, 3.8) is 0 Å². The van der Waals surface area contributed by atoms with Crippen LogP contribution < -0.4 is 43.1 Å². The predicted octanol–water partition coefficient (Wildman–Crippen LogP) is -3.46. The van der Waals surface area contributed by atoms with Crippen LogP contribution in [-0.4, -0.2) is 19.3 Å². The van der Waals surface area contributed by atoms with Gasteiger partial charge in [0, 0.05) is 12.1 Å². The third-order valence-corrected chi connectivity index (χ3v) is 5.31. The molecule has 0 atom stereocenters. The molecule has 0 aliphatic carbocycles. The van der Waals surface area contributed by atoms with Crippen LogP contribution in [-0.2, 0) is 0 Å². The van der Waals surface area contributed by atoms with Gasteiger partial charge in [-0.05, 0) is 12.1 Å². The molecule has 0 fully saturated rings. The number of methoxy groups -OCH3 is 2. The largest absolute Gasteiger partial charge is 1.00 e. The van der Waals surface area contributed by atoms with Crippen LogP contribution in [0.15, 0.2) is 42.5 Å². The molecule has 102 valence electrons. The van der Waals surface area contributed by atoms with Gasteiger partial charge in [0.25, 0.3) is 3.57 Å². The molecule has 2 rings (SSSR count). The summed E-state index contributed by atoms with van der Waals surface area (Å²) in [6, 6.07) is 13.5. The molecule has 5 heteroatoms. The van der Waals surface area contributed by atoms with Crippen LogP contribution in [0.2, 0.25) is 0 Å². The zero-order valence-corrected chi connectivity index (χ0v) is 13.5. The van der Waals surface area contributed by atoms with Gasteiger partial charge in [-0.3, -0.25) is 0 Å². The first-order valence-corrected chi connectivity index (χ1v) is 7.55. The summed E-state index contributed by atoms with van der Waals surface area (Å²) in [6.07, 6.45) is 0. The van der Waals surface area contributed by atoms with Gasteiger partial charge >= 0.3 is 21.2 Å². The van der Waals surface area contributed by atoms with Crippen molar-refractivity contribution in [3.05, 3.63) is 49.6 Å². The Kier molecular flexibility index (Phi) is 6.24. The highest BCUT2D eigenvalue weighted by Gasteiger charge is 2.27. The highest BCUT2D eigenvalue weighted by atomic mass is 127. The van der Waals surface area contributed by atoms with Gasteiger partial charge < -0.3 is 27.0 Å². The Labute approximate surface area is 129 Å². The highest BCUT2D eigenvalue weighted by Crippen LogP contribution is 2.26. The van der Waals surface area contributed by atoms with E-state index in [1.165, 1.54) is 3.57 Å². The molecule has 1 N–H and O–H groups in total. The van der Waals surface area contributed by atoms with Crippen molar-refractivity contribution >= 4 is 0 Å².